The van der Waals surface area contributed by atoms with Crippen molar-refractivity contribution in [3.05, 3.63) is 35.9 Å². The lowest BCUT2D eigenvalue weighted by atomic mass is 10.1. The second kappa shape index (κ2) is 13.3. The van der Waals surface area contributed by atoms with Crippen molar-refractivity contribution >= 4 is 29.9 Å². The van der Waals surface area contributed by atoms with Gasteiger partial charge in [-0.05, 0) is 38.9 Å². The van der Waals surface area contributed by atoms with Crippen LogP contribution in [0.5, 0.6) is 0 Å². The van der Waals surface area contributed by atoms with E-state index < -0.39 is 0 Å². The van der Waals surface area contributed by atoms with E-state index in [0.717, 1.165) is 58.3 Å². The number of nitrogens with zero attached hydrogens (tertiary/aromatic N) is 3. The maximum atomic E-state index is 5.30. The van der Waals surface area contributed by atoms with E-state index in [-0.39, 0.29) is 24.0 Å². The minimum atomic E-state index is 0. The third-order valence-corrected chi connectivity index (χ3v) is 4.58. The van der Waals surface area contributed by atoms with Gasteiger partial charge in [0, 0.05) is 45.8 Å². The third-order valence-electron chi connectivity index (χ3n) is 4.58. The van der Waals surface area contributed by atoms with E-state index in [1.807, 2.05) is 0 Å². The van der Waals surface area contributed by atoms with Gasteiger partial charge in [-0.1, -0.05) is 30.3 Å². The van der Waals surface area contributed by atoms with E-state index in [2.05, 4.69) is 59.4 Å². The minimum absolute atomic E-state index is 0. The molecule has 0 saturated carbocycles. The number of rotatable bonds is 9. The van der Waals surface area contributed by atoms with Crippen LogP contribution in [0, 0.1) is 5.92 Å². The molecule has 0 amide bonds. The summed E-state index contributed by atoms with van der Waals surface area (Å²) < 4.78 is 5.30. The van der Waals surface area contributed by atoms with Crippen LogP contribution in [0.15, 0.2) is 35.3 Å². The Balaban J connectivity index is 0.00000338. The van der Waals surface area contributed by atoms with E-state index in [1.165, 1.54) is 12.0 Å². The zero-order valence-corrected chi connectivity index (χ0v) is 18.8. The summed E-state index contributed by atoms with van der Waals surface area (Å²) in [5, 5.41) is 3.44. The molecule has 0 aliphatic carbocycles. The number of guanidine groups is 1. The highest BCUT2D eigenvalue weighted by molar-refractivity contribution is 14.0. The van der Waals surface area contributed by atoms with E-state index in [1.54, 1.807) is 7.11 Å². The molecule has 1 atom stereocenters. The molecular formula is C20H35IN4O. The van der Waals surface area contributed by atoms with Crippen LogP contribution in [0.3, 0.4) is 0 Å². The molecule has 0 radical (unpaired) electrons. The topological polar surface area (TPSA) is 40.1 Å². The summed E-state index contributed by atoms with van der Waals surface area (Å²) >= 11 is 0. The summed E-state index contributed by atoms with van der Waals surface area (Å²) in [4.78, 5) is 9.57. The molecular weight excluding hydrogens is 439 g/mol. The predicted octanol–water partition coefficient (Wildman–Crippen LogP) is 3.06. The molecule has 1 aromatic carbocycles. The number of halogens is 1. The van der Waals surface area contributed by atoms with Gasteiger partial charge in [-0.3, -0.25) is 4.99 Å². The molecule has 2 rings (SSSR count). The molecule has 1 N–H and O–H groups in total. The van der Waals surface area contributed by atoms with Gasteiger partial charge in [0.25, 0.3) is 0 Å². The molecule has 26 heavy (non-hydrogen) atoms. The molecule has 1 heterocycles. The molecule has 1 fully saturated rings. The van der Waals surface area contributed by atoms with Crippen molar-refractivity contribution in [2.45, 2.75) is 26.3 Å². The number of methoxy groups -OCH3 is 1. The van der Waals surface area contributed by atoms with E-state index >= 15 is 0 Å². The monoisotopic (exact) mass is 474 g/mol. The van der Waals surface area contributed by atoms with E-state index in [0.29, 0.717) is 5.92 Å². The molecule has 1 aromatic rings. The first-order chi connectivity index (χ1) is 12.2. The quantitative estimate of drug-likeness (QED) is 0.259. The number of benzene rings is 1. The molecule has 0 aromatic heterocycles. The highest BCUT2D eigenvalue weighted by Crippen LogP contribution is 2.16. The highest BCUT2D eigenvalue weighted by atomic mass is 127. The number of hydrogen-bond acceptors (Lipinski definition) is 3. The van der Waals surface area contributed by atoms with Crippen molar-refractivity contribution in [1.82, 2.24) is 15.1 Å². The van der Waals surface area contributed by atoms with Crippen LogP contribution in [0.4, 0.5) is 0 Å². The van der Waals surface area contributed by atoms with Crippen LogP contribution in [0.25, 0.3) is 0 Å². The van der Waals surface area contributed by atoms with Gasteiger partial charge in [0.05, 0.1) is 6.61 Å². The number of aliphatic imine (C=N–C) groups is 1. The zero-order chi connectivity index (χ0) is 17.9. The Labute approximate surface area is 176 Å². The second-order valence-corrected chi connectivity index (χ2v) is 6.87. The fourth-order valence-electron chi connectivity index (χ4n) is 3.32. The first-order valence-electron chi connectivity index (χ1n) is 9.47. The number of likely N-dealkylation sites (tertiary alicyclic amines) is 1. The van der Waals surface area contributed by atoms with Gasteiger partial charge in [0.15, 0.2) is 5.96 Å². The van der Waals surface area contributed by atoms with Crippen LogP contribution >= 0.6 is 24.0 Å². The van der Waals surface area contributed by atoms with Gasteiger partial charge in [-0.25, -0.2) is 0 Å². The van der Waals surface area contributed by atoms with Gasteiger partial charge in [0.2, 0.25) is 0 Å². The van der Waals surface area contributed by atoms with Gasteiger partial charge in [-0.15, -0.1) is 24.0 Å². The number of ether oxygens (including phenoxy) is 1. The first kappa shape index (κ1) is 23.2. The Morgan fingerprint density at radius 1 is 1.35 bits per heavy atom. The molecule has 1 saturated heterocycles. The SMILES string of the molecule is CCNC(=NCCCN(C)Cc1ccccc1)N1CCC(COC)C1.I. The maximum Gasteiger partial charge on any atom is 0.193 e. The zero-order valence-electron chi connectivity index (χ0n) is 16.5. The molecule has 0 bridgehead atoms. The summed E-state index contributed by atoms with van der Waals surface area (Å²) in [6.45, 7) is 8.94. The lowest BCUT2D eigenvalue weighted by Crippen LogP contribution is -2.40. The summed E-state index contributed by atoms with van der Waals surface area (Å²) in [5.74, 6) is 1.69. The van der Waals surface area contributed by atoms with E-state index in [4.69, 9.17) is 9.73 Å². The van der Waals surface area contributed by atoms with Crippen LogP contribution in [0.1, 0.15) is 25.3 Å². The van der Waals surface area contributed by atoms with Gasteiger partial charge in [0.1, 0.15) is 0 Å². The molecule has 148 valence electrons. The van der Waals surface area contributed by atoms with Crippen LogP contribution in [-0.4, -0.2) is 69.2 Å². The van der Waals surface area contributed by atoms with Crippen molar-refractivity contribution in [2.75, 3.05) is 53.5 Å². The van der Waals surface area contributed by atoms with Crippen LogP contribution in [-0.2, 0) is 11.3 Å². The number of hydrogen-bond donors (Lipinski definition) is 1. The minimum Gasteiger partial charge on any atom is -0.384 e. The summed E-state index contributed by atoms with van der Waals surface area (Å²) in [6.07, 6.45) is 2.27. The Morgan fingerprint density at radius 3 is 2.81 bits per heavy atom. The standard InChI is InChI=1S/C20H34N4O.HI/c1-4-21-20(24-14-11-19(16-24)17-25-3)22-12-8-13-23(2)15-18-9-6-5-7-10-18;/h5-7,9-10,19H,4,8,11-17H2,1-3H3,(H,21,22);1H. The molecule has 1 aliphatic heterocycles. The van der Waals surface area contributed by atoms with Crippen molar-refractivity contribution in [2.24, 2.45) is 10.9 Å². The lowest BCUT2D eigenvalue weighted by molar-refractivity contribution is 0.157. The van der Waals surface area contributed by atoms with Gasteiger partial charge < -0.3 is 19.9 Å². The van der Waals surface area contributed by atoms with Crippen LogP contribution in [0.2, 0.25) is 0 Å². The largest absolute Gasteiger partial charge is 0.384 e. The van der Waals surface area contributed by atoms with Crippen molar-refractivity contribution in [3.63, 3.8) is 0 Å². The van der Waals surface area contributed by atoms with Crippen molar-refractivity contribution < 1.29 is 4.74 Å². The van der Waals surface area contributed by atoms with Gasteiger partial charge in [-0.2, -0.15) is 0 Å². The molecule has 6 heteroatoms. The molecule has 5 nitrogen and oxygen atoms in total. The van der Waals surface area contributed by atoms with E-state index in [9.17, 15) is 0 Å². The molecule has 1 aliphatic rings. The normalized spacial score (nSPS) is 17.5. The summed E-state index contributed by atoms with van der Waals surface area (Å²) in [6, 6.07) is 10.6. The fourth-order valence-corrected chi connectivity index (χ4v) is 3.32. The average molecular weight is 474 g/mol. The van der Waals surface area contributed by atoms with Crippen molar-refractivity contribution in [1.29, 1.82) is 0 Å². The van der Waals surface area contributed by atoms with Crippen LogP contribution < -0.4 is 5.32 Å². The average Bonchev–Trinajstić information content (AvgIpc) is 3.07. The van der Waals surface area contributed by atoms with Gasteiger partial charge >= 0.3 is 0 Å². The van der Waals surface area contributed by atoms with Crippen molar-refractivity contribution in [3.8, 4) is 0 Å². The second-order valence-electron chi connectivity index (χ2n) is 6.87. The lowest BCUT2D eigenvalue weighted by Gasteiger charge is -2.22. The first-order valence-corrected chi connectivity index (χ1v) is 9.47. The summed E-state index contributed by atoms with van der Waals surface area (Å²) in [7, 11) is 3.96. The highest BCUT2D eigenvalue weighted by Gasteiger charge is 2.24. The summed E-state index contributed by atoms with van der Waals surface area (Å²) in [5.41, 5.74) is 1.36. The molecule has 1 unspecified atom stereocenters. The Kier molecular flexibility index (Phi) is 11.9. The smallest absolute Gasteiger partial charge is 0.193 e. The number of nitrogens with one attached hydrogen (secondary N) is 1. The third kappa shape index (κ3) is 8.22. The predicted molar refractivity (Wildman–Crippen MR) is 120 cm³/mol. The fraction of sp³-hybridized carbons (Fsp3) is 0.650. The maximum absolute atomic E-state index is 5.30. The Hall–Kier alpha value is -0.860. The Bertz CT molecular complexity index is 512. The Morgan fingerprint density at radius 2 is 2.12 bits per heavy atom. The molecule has 0 spiro atoms.